The van der Waals surface area contributed by atoms with Crippen LogP contribution >= 0.6 is 11.3 Å². The summed E-state index contributed by atoms with van der Waals surface area (Å²) in [4.78, 5) is 31.8. The van der Waals surface area contributed by atoms with Gasteiger partial charge in [-0.05, 0) is 42.3 Å². The van der Waals surface area contributed by atoms with Gasteiger partial charge in [0.15, 0.2) is 5.58 Å². The van der Waals surface area contributed by atoms with E-state index < -0.39 is 0 Å². The number of hydrogen-bond acceptors (Lipinski definition) is 8. The molecule has 2 aliphatic heterocycles. The SMILES string of the molecule is Cc1c([C@@H]2CN(Cc3cnc(-c4ccc5oc(=O)n(C)c5c4)s3)CCO2)ccc2c1COC2=O. The van der Waals surface area contributed by atoms with Crippen molar-refractivity contribution in [2.45, 2.75) is 26.2 Å². The average Bonchev–Trinajstić information content (AvgIpc) is 3.53. The minimum Gasteiger partial charge on any atom is -0.457 e. The number of carbonyl (C=O) groups is 1. The number of cyclic esters (lactones) is 1. The molecule has 2 aromatic heterocycles. The predicted octanol–water partition coefficient (Wildman–Crippen LogP) is 3.81. The van der Waals surface area contributed by atoms with Gasteiger partial charge >= 0.3 is 11.7 Å². The lowest BCUT2D eigenvalue weighted by Gasteiger charge is -2.33. The first-order valence-electron chi connectivity index (χ1n) is 11.2. The molecule has 0 unspecified atom stereocenters. The molecule has 6 rings (SSSR count). The van der Waals surface area contributed by atoms with Crippen molar-refractivity contribution >= 4 is 28.4 Å². The Morgan fingerprint density at radius 2 is 2.09 bits per heavy atom. The Bertz CT molecular complexity index is 1480. The highest BCUT2D eigenvalue weighted by Crippen LogP contribution is 2.33. The molecule has 9 heteroatoms. The number of benzene rings is 2. The zero-order chi connectivity index (χ0) is 23.4. The summed E-state index contributed by atoms with van der Waals surface area (Å²) in [5.41, 5.74) is 6.13. The van der Waals surface area contributed by atoms with Crippen LogP contribution in [0, 0.1) is 6.92 Å². The molecule has 2 aromatic carbocycles. The van der Waals surface area contributed by atoms with Gasteiger partial charge in [-0.1, -0.05) is 6.07 Å². The number of carbonyl (C=O) groups excluding carboxylic acids is 1. The van der Waals surface area contributed by atoms with Crippen molar-refractivity contribution in [3.05, 3.63) is 74.2 Å². The summed E-state index contributed by atoms with van der Waals surface area (Å²) in [7, 11) is 1.70. The fourth-order valence-electron chi connectivity index (χ4n) is 4.74. The third kappa shape index (κ3) is 3.56. The van der Waals surface area contributed by atoms with Gasteiger partial charge in [0, 0.05) is 48.9 Å². The molecular weight excluding hydrogens is 454 g/mol. The lowest BCUT2D eigenvalue weighted by Crippen LogP contribution is -2.37. The molecule has 0 N–H and O–H groups in total. The van der Waals surface area contributed by atoms with Crippen LogP contribution in [0.4, 0.5) is 0 Å². The third-order valence-electron chi connectivity index (χ3n) is 6.68. The highest BCUT2D eigenvalue weighted by Gasteiger charge is 2.29. The molecule has 0 bridgehead atoms. The summed E-state index contributed by atoms with van der Waals surface area (Å²) in [6.45, 7) is 5.43. The van der Waals surface area contributed by atoms with E-state index in [9.17, 15) is 9.59 Å². The first kappa shape index (κ1) is 21.3. The Labute approximate surface area is 199 Å². The van der Waals surface area contributed by atoms with Crippen LogP contribution in [-0.2, 0) is 29.7 Å². The smallest absolute Gasteiger partial charge is 0.419 e. The van der Waals surface area contributed by atoms with Crippen LogP contribution in [0.15, 0.2) is 45.7 Å². The maximum Gasteiger partial charge on any atom is 0.419 e. The van der Waals surface area contributed by atoms with E-state index in [4.69, 9.17) is 13.9 Å². The quantitative estimate of drug-likeness (QED) is 0.413. The predicted molar refractivity (Wildman–Crippen MR) is 127 cm³/mol. The van der Waals surface area contributed by atoms with Crippen molar-refractivity contribution in [2.24, 2.45) is 7.05 Å². The summed E-state index contributed by atoms with van der Waals surface area (Å²) in [6.07, 6.45) is 1.87. The lowest BCUT2D eigenvalue weighted by atomic mass is 9.94. The lowest BCUT2D eigenvalue weighted by molar-refractivity contribution is -0.0329. The first-order chi connectivity index (χ1) is 16.5. The van der Waals surface area contributed by atoms with Crippen molar-refractivity contribution in [2.75, 3.05) is 19.7 Å². The van der Waals surface area contributed by atoms with E-state index in [1.807, 2.05) is 43.5 Å². The minimum absolute atomic E-state index is 0.0491. The molecule has 0 spiro atoms. The Morgan fingerprint density at radius 1 is 1.21 bits per heavy atom. The monoisotopic (exact) mass is 477 g/mol. The largest absolute Gasteiger partial charge is 0.457 e. The number of aromatic nitrogens is 2. The van der Waals surface area contributed by atoms with Crippen molar-refractivity contribution in [3.63, 3.8) is 0 Å². The molecular formula is C25H23N3O5S. The van der Waals surface area contributed by atoms with Gasteiger partial charge in [0.25, 0.3) is 0 Å². The molecule has 1 fully saturated rings. The fourth-order valence-corrected chi connectivity index (χ4v) is 5.70. The van der Waals surface area contributed by atoms with Gasteiger partial charge in [-0.15, -0.1) is 11.3 Å². The molecule has 1 atom stereocenters. The number of oxazole rings is 1. The standard InChI is InChI=1S/C25H23N3O5S/c1-14-17(4-5-18-19(14)13-32-24(18)29)22-12-28(7-8-31-22)11-16-10-26-23(34-16)15-3-6-21-20(9-15)27(2)25(30)33-21/h3-6,9-10,22H,7-8,11-13H2,1-2H3/t22-/m0/s1. The highest BCUT2D eigenvalue weighted by atomic mass is 32.1. The summed E-state index contributed by atoms with van der Waals surface area (Å²) < 4.78 is 18.0. The van der Waals surface area contributed by atoms with Crippen molar-refractivity contribution < 1.29 is 18.7 Å². The number of morpholine rings is 1. The average molecular weight is 478 g/mol. The van der Waals surface area contributed by atoms with Crippen LogP contribution in [0.2, 0.25) is 0 Å². The number of ether oxygens (including phenoxy) is 2. The topological polar surface area (TPSA) is 86.8 Å². The van der Waals surface area contributed by atoms with Gasteiger partial charge in [0.2, 0.25) is 0 Å². The van der Waals surface area contributed by atoms with Crippen LogP contribution in [-0.4, -0.2) is 40.1 Å². The zero-order valence-corrected chi connectivity index (χ0v) is 19.7. The number of nitrogens with zero attached hydrogens (tertiary/aromatic N) is 3. The highest BCUT2D eigenvalue weighted by molar-refractivity contribution is 7.15. The maximum absolute atomic E-state index is 11.9. The van der Waals surface area contributed by atoms with E-state index in [-0.39, 0.29) is 17.8 Å². The molecule has 2 aliphatic rings. The summed E-state index contributed by atoms with van der Waals surface area (Å²) in [6, 6.07) is 9.55. The second kappa shape index (κ2) is 8.19. The van der Waals surface area contributed by atoms with Crippen LogP contribution in [0.5, 0.6) is 0 Å². The molecule has 4 heterocycles. The van der Waals surface area contributed by atoms with E-state index in [1.54, 1.807) is 18.4 Å². The van der Waals surface area contributed by atoms with Crippen LogP contribution in [0.3, 0.4) is 0 Å². The number of thiazole rings is 1. The van der Waals surface area contributed by atoms with E-state index in [0.717, 1.165) is 52.4 Å². The number of fused-ring (bicyclic) bond motifs is 2. The number of hydrogen-bond donors (Lipinski definition) is 0. The summed E-state index contributed by atoms with van der Waals surface area (Å²) in [5, 5.41) is 0.912. The maximum atomic E-state index is 11.9. The molecule has 174 valence electrons. The van der Waals surface area contributed by atoms with Gasteiger partial charge in [-0.2, -0.15) is 0 Å². The second-order valence-electron chi connectivity index (χ2n) is 8.72. The van der Waals surface area contributed by atoms with Crippen LogP contribution in [0.1, 0.15) is 38.0 Å². The van der Waals surface area contributed by atoms with Gasteiger partial charge in [-0.3, -0.25) is 9.47 Å². The molecule has 4 aromatic rings. The Morgan fingerprint density at radius 3 is 2.97 bits per heavy atom. The summed E-state index contributed by atoms with van der Waals surface area (Å²) >= 11 is 1.65. The van der Waals surface area contributed by atoms with E-state index in [1.165, 1.54) is 9.44 Å². The Balaban J connectivity index is 1.19. The van der Waals surface area contributed by atoms with E-state index in [0.29, 0.717) is 24.4 Å². The molecule has 0 aliphatic carbocycles. The number of rotatable bonds is 4. The molecule has 34 heavy (non-hydrogen) atoms. The van der Waals surface area contributed by atoms with Gasteiger partial charge in [0.05, 0.1) is 23.8 Å². The molecule has 0 saturated carbocycles. The number of aryl methyl sites for hydroxylation is 1. The molecule has 1 saturated heterocycles. The van der Waals surface area contributed by atoms with Crippen molar-refractivity contribution in [1.29, 1.82) is 0 Å². The molecule has 0 radical (unpaired) electrons. The molecule has 0 amide bonds. The number of esters is 1. The van der Waals surface area contributed by atoms with Crippen LogP contribution < -0.4 is 5.76 Å². The summed E-state index contributed by atoms with van der Waals surface area (Å²) in [5.74, 6) is -0.613. The van der Waals surface area contributed by atoms with Gasteiger partial charge in [0.1, 0.15) is 11.6 Å². The third-order valence-corrected chi connectivity index (χ3v) is 7.71. The fraction of sp³-hybridized carbons (Fsp3) is 0.320. The van der Waals surface area contributed by atoms with E-state index >= 15 is 0 Å². The zero-order valence-electron chi connectivity index (χ0n) is 18.9. The van der Waals surface area contributed by atoms with Crippen LogP contribution in [0.25, 0.3) is 21.7 Å². The van der Waals surface area contributed by atoms with Crippen molar-refractivity contribution in [3.8, 4) is 10.6 Å². The Kier molecular flexibility index (Phi) is 5.13. The van der Waals surface area contributed by atoms with E-state index in [2.05, 4.69) is 9.88 Å². The Hall–Kier alpha value is -3.27. The second-order valence-corrected chi connectivity index (χ2v) is 9.83. The minimum atomic E-state index is -0.369. The first-order valence-corrected chi connectivity index (χ1v) is 12.0. The normalized spacial score (nSPS) is 18.4. The van der Waals surface area contributed by atoms with Crippen molar-refractivity contribution in [1.82, 2.24) is 14.5 Å². The van der Waals surface area contributed by atoms with Gasteiger partial charge < -0.3 is 13.9 Å². The van der Waals surface area contributed by atoms with Gasteiger partial charge in [-0.25, -0.2) is 14.6 Å². The molecule has 8 nitrogen and oxygen atoms in total.